The van der Waals surface area contributed by atoms with Crippen LogP contribution in [0.15, 0.2) is 12.3 Å². The van der Waals surface area contributed by atoms with E-state index in [2.05, 4.69) is 22.9 Å². The number of nitrogens with zero attached hydrogens (tertiary/aromatic N) is 2. The van der Waals surface area contributed by atoms with Crippen LogP contribution < -0.4 is 0 Å². The number of aromatic nitrogens is 1. The number of carbonyl (C=O) groups is 1. The molecule has 5 atom stereocenters. The molecular formula is C24H34N2O4. The van der Waals surface area contributed by atoms with Gasteiger partial charge in [-0.15, -0.1) is 0 Å². The Hall–Kier alpha value is -1.50. The van der Waals surface area contributed by atoms with Crippen molar-refractivity contribution in [3.63, 3.8) is 0 Å². The van der Waals surface area contributed by atoms with Crippen molar-refractivity contribution in [3.05, 3.63) is 29.1 Å². The van der Waals surface area contributed by atoms with Gasteiger partial charge in [-0.2, -0.15) is 0 Å². The van der Waals surface area contributed by atoms with Crippen LogP contribution in [0.2, 0.25) is 0 Å². The number of rotatable bonds is 4. The zero-order chi connectivity index (χ0) is 20.7. The average molecular weight is 415 g/mol. The quantitative estimate of drug-likeness (QED) is 0.758. The molecule has 6 heteroatoms. The van der Waals surface area contributed by atoms with Gasteiger partial charge in [0.15, 0.2) is 0 Å². The Kier molecular flexibility index (Phi) is 5.58. The molecule has 0 N–H and O–H groups in total. The lowest BCUT2D eigenvalue weighted by molar-refractivity contribution is -0.145. The molecule has 3 fully saturated rings. The number of amides is 1. The first-order chi connectivity index (χ1) is 14.6. The summed E-state index contributed by atoms with van der Waals surface area (Å²) in [4.78, 5) is 20.5. The number of fused-ring (bicyclic) bond motifs is 2. The van der Waals surface area contributed by atoms with Crippen molar-refractivity contribution in [2.45, 2.75) is 64.2 Å². The number of ether oxygens (including phenoxy) is 3. The van der Waals surface area contributed by atoms with Crippen LogP contribution >= 0.6 is 0 Å². The normalized spacial score (nSPS) is 35.9. The largest absolute Gasteiger partial charge is 0.379 e. The van der Waals surface area contributed by atoms with Crippen molar-refractivity contribution < 1.29 is 19.0 Å². The second-order valence-corrected chi connectivity index (χ2v) is 9.80. The molecule has 0 bridgehead atoms. The van der Waals surface area contributed by atoms with E-state index in [9.17, 15) is 4.79 Å². The molecule has 1 aromatic rings. The molecule has 0 spiro atoms. The summed E-state index contributed by atoms with van der Waals surface area (Å²) in [6.07, 6.45) is 8.03. The van der Waals surface area contributed by atoms with Gasteiger partial charge >= 0.3 is 0 Å². The fourth-order valence-corrected chi connectivity index (χ4v) is 6.39. The van der Waals surface area contributed by atoms with Crippen LogP contribution in [-0.4, -0.2) is 61.5 Å². The van der Waals surface area contributed by atoms with E-state index in [1.54, 1.807) is 7.11 Å². The van der Waals surface area contributed by atoms with Gasteiger partial charge in [-0.25, -0.2) is 0 Å². The smallest absolute Gasteiger partial charge is 0.231 e. The predicted molar refractivity (Wildman–Crippen MR) is 112 cm³/mol. The van der Waals surface area contributed by atoms with Gasteiger partial charge in [0.1, 0.15) is 0 Å². The molecule has 0 radical (unpaired) electrons. The van der Waals surface area contributed by atoms with Crippen molar-refractivity contribution in [2.24, 2.45) is 17.3 Å². The van der Waals surface area contributed by atoms with E-state index in [1.165, 1.54) is 5.56 Å². The van der Waals surface area contributed by atoms with Gasteiger partial charge in [0, 0.05) is 51.7 Å². The van der Waals surface area contributed by atoms with Gasteiger partial charge < -0.3 is 19.1 Å². The zero-order valence-corrected chi connectivity index (χ0v) is 18.3. The van der Waals surface area contributed by atoms with Crippen LogP contribution in [0.4, 0.5) is 0 Å². The van der Waals surface area contributed by atoms with Crippen molar-refractivity contribution in [2.75, 3.05) is 33.5 Å². The maximum absolute atomic E-state index is 13.8. The van der Waals surface area contributed by atoms with Crippen LogP contribution in [0.25, 0.3) is 0 Å². The lowest BCUT2D eigenvalue weighted by Gasteiger charge is -2.37. The highest BCUT2D eigenvalue weighted by atomic mass is 16.5. The third kappa shape index (κ3) is 3.57. The van der Waals surface area contributed by atoms with Gasteiger partial charge in [0.25, 0.3) is 0 Å². The average Bonchev–Trinajstić information content (AvgIpc) is 3.31. The molecule has 6 nitrogen and oxygen atoms in total. The molecule has 164 valence electrons. The highest BCUT2D eigenvalue weighted by Gasteiger charge is 2.57. The Labute approximate surface area is 179 Å². The first-order valence-electron chi connectivity index (χ1n) is 11.5. The fraction of sp³-hybridized carbons (Fsp3) is 0.750. The Morgan fingerprint density at radius 2 is 2.30 bits per heavy atom. The predicted octanol–water partition coefficient (Wildman–Crippen LogP) is 2.90. The third-order valence-corrected chi connectivity index (χ3v) is 7.95. The van der Waals surface area contributed by atoms with E-state index in [-0.39, 0.29) is 17.6 Å². The summed E-state index contributed by atoms with van der Waals surface area (Å²) < 4.78 is 17.4. The van der Waals surface area contributed by atoms with Crippen LogP contribution in [0, 0.1) is 24.2 Å². The molecule has 2 saturated heterocycles. The van der Waals surface area contributed by atoms with Crippen molar-refractivity contribution >= 4 is 5.91 Å². The number of pyridine rings is 1. The molecule has 4 heterocycles. The Bertz CT molecular complexity index is 799. The van der Waals surface area contributed by atoms with E-state index < -0.39 is 0 Å². The lowest BCUT2D eigenvalue weighted by Crippen LogP contribution is -2.48. The van der Waals surface area contributed by atoms with Gasteiger partial charge in [0.2, 0.25) is 5.91 Å². The van der Waals surface area contributed by atoms with Gasteiger partial charge in [-0.3, -0.25) is 9.78 Å². The highest BCUT2D eigenvalue weighted by Crippen LogP contribution is 2.53. The Morgan fingerprint density at radius 3 is 3.17 bits per heavy atom. The SMILES string of the molecule is CO[C@@H]1COCC[C@@H]1CC1C[C@H]2OCC[C@@]2(C(=O)N2CCc3ncc(C)cc3C2)C1. The molecule has 1 aromatic heterocycles. The molecule has 1 saturated carbocycles. The molecule has 1 aliphatic carbocycles. The molecule has 1 amide bonds. The number of hydrogen-bond acceptors (Lipinski definition) is 5. The maximum Gasteiger partial charge on any atom is 0.231 e. The fourth-order valence-electron chi connectivity index (χ4n) is 6.39. The van der Waals surface area contributed by atoms with E-state index in [0.29, 0.717) is 37.5 Å². The molecule has 30 heavy (non-hydrogen) atoms. The van der Waals surface area contributed by atoms with Crippen LogP contribution in [0.3, 0.4) is 0 Å². The zero-order valence-electron chi connectivity index (χ0n) is 18.3. The summed E-state index contributed by atoms with van der Waals surface area (Å²) in [6.45, 7) is 5.76. The van der Waals surface area contributed by atoms with E-state index >= 15 is 0 Å². The molecule has 5 rings (SSSR count). The van der Waals surface area contributed by atoms with E-state index in [1.807, 2.05) is 6.20 Å². The third-order valence-electron chi connectivity index (χ3n) is 7.95. The molecular weight excluding hydrogens is 380 g/mol. The molecule has 1 unspecified atom stereocenters. The summed E-state index contributed by atoms with van der Waals surface area (Å²) in [5.41, 5.74) is 3.19. The number of hydrogen-bond donors (Lipinski definition) is 0. The van der Waals surface area contributed by atoms with Gasteiger partial charge in [0.05, 0.1) is 24.2 Å². The van der Waals surface area contributed by atoms with Crippen molar-refractivity contribution in [1.82, 2.24) is 9.88 Å². The second-order valence-electron chi connectivity index (χ2n) is 9.80. The molecule has 0 aromatic carbocycles. The minimum Gasteiger partial charge on any atom is -0.379 e. The summed E-state index contributed by atoms with van der Waals surface area (Å²) in [6, 6.07) is 2.19. The number of aryl methyl sites for hydroxylation is 1. The Balaban J connectivity index is 1.30. The van der Waals surface area contributed by atoms with Crippen LogP contribution in [0.5, 0.6) is 0 Å². The maximum atomic E-state index is 13.8. The minimum atomic E-state index is -0.326. The summed E-state index contributed by atoms with van der Waals surface area (Å²) >= 11 is 0. The highest BCUT2D eigenvalue weighted by molar-refractivity contribution is 5.84. The number of carbonyl (C=O) groups excluding carboxylic acids is 1. The molecule has 3 aliphatic heterocycles. The number of methoxy groups -OCH3 is 1. The van der Waals surface area contributed by atoms with Crippen molar-refractivity contribution in [3.8, 4) is 0 Å². The first-order valence-corrected chi connectivity index (χ1v) is 11.5. The molecule has 4 aliphatic rings. The minimum absolute atomic E-state index is 0.0767. The van der Waals surface area contributed by atoms with Crippen molar-refractivity contribution in [1.29, 1.82) is 0 Å². The van der Waals surface area contributed by atoms with Gasteiger partial charge in [-0.05, 0) is 62.0 Å². The summed E-state index contributed by atoms with van der Waals surface area (Å²) in [5.74, 6) is 1.37. The lowest BCUT2D eigenvalue weighted by atomic mass is 9.78. The monoisotopic (exact) mass is 414 g/mol. The van der Waals surface area contributed by atoms with Crippen LogP contribution in [0.1, 0.15) is 48.9 Å². The Morgan fingerprint density at radius 1 is 1.40 bits per heavy atom. The topological polar surface area (TPSA) is 60.9 Å². The standard InChI is InChI=1S/C24H34N2O4/c1-16-9-19-14-26(6-3-20(19)25-13-16)23(27)24-5-8-30-22(24)11-17(12-24)10-18-4-7-29-15-21(18)28-2/h9,13,17-18,21-22H,3-8,10-12,14-15H2,1-2H3/t17?,18-,21-,22-,24-/m1/s1. The van der Waals surface area contributed by atoms with Crippen LogP contribution in [-0.2, 0) is 32.0 Å². The second kappa shape index (κ2) is 8.21. The van der Waals surface area contributed by atoms with E-state index in [4.69, 9.17) is 14.2 Å². The summed E-state index contributed by atoms with van der Waals surface area (Å²) in [7, 11) is 1.79. The van der Waals surface area contributed by atoms with E-state index in [0.717, 1.165) is 62.9 Å². The summed E-state index contributed by atoms with van der Waals surface area (Å²) in [5, 5.41) is 0. The first kappa shape index (κ1) is 20.4. The van der Waals surface area contributed by atoms with Gasteiger partial charge in [-0.1, -0.05) is 6.07 Å².